The van der Waals surface area contributed by atoms with E-state index in [2.05, 4.69) is 6.07 Å². The van der Waals surface area contributed by atoms with Gasteiger partial charge in [-0.2, -0.15) is 0 Å². The van der Waals surface area contributed by atoms with E-state index in [0.29, 0.717) is 0 Å². The van der Waals surface area contributed by atoms with Crippen LogP contribution in [0.4, 0.5) is 5.69 Å². The molecule has 0 atom stereocenters. The summed E-state index contributed by atoms with van der Waals surface area (Å²) in [7, 11) is 1.67. The molecule has 0 amide bonds. The molecular weight excluding hydrogens is 250 g/mol. The van der Waals surface area contributed by atoms with E-state index in [1.165, 1.54) is 0 Å². The molecule has 0 aliphatic heterocycles. The Labute approximate surface area is 117 Å². The summed E-state index contributed by atoms with van der Waals surface area (Å²) < 4.78 is 10.9. The molecule has 0 aliphatic rings. The summed E-state index contributed by atoms with van der Waals surface area (Å²) in [5.41, 5.74) is 9.57. The van der Waals surface area contributed by atoms with Crippen molar-refractivity contribution in [1.29, 1.82) is 0 Å². The van der Waals surface area contributed by atoms with Crippen LogP contribution in [0.25, 0.3) is 22.5 Å². The second kappa shape index (κ2) is 5.13. The minimum absolute atomic E-state index is 0.745. The van der Waals surface area contributed by atoms with Crippen molar-refractivity contribution in [2.45, 2.75) is 0 Å². The number of methoxy groups -OCH3 is 1. The van der Waals surface area contributed by atoms with Crippen LogP contribution < -0.4 is 10.5 Å². The van der Waals surface area contributed by atoms with Gasteiger partial charge in [0.15, 0.2) is 0 Å². The zero-order chi connectivity index (χ0) is 13.9. The molecule has 2 aromatic carbocycles. The molecule has 100 valence electrons. The van der Waals surface area contributed by atoms with E-state index < -0.39 is 0 Å². The fourth-order valence-electron chi connectivity index (χ4n) is 2.19. The molecule has 0 bridgehead atoms. The number of nitrogens with two attached hydrogens (primary N) is 1. The van der Waals surface area contributed by atoms with Crippen molar-refractivity contribution >= 4 is 5.69 Å². The van der Waals surface area contributed by atoms with Crippen LogP contribution in [0.3, 0.4) is 0 Å². The lowest BCUT2D eigenvalue weighted by atomic mass is 10.0. The SMILES string of the molecule is COc1ccc(-c2ccco2)cc1-c1ccc(N)cc1. The maximum Gasteiger partial charge on any atom is 0.133 e. The van der Waals surface area contributed by atoms with Crippen LogP contribution in [0.1, 0.15) is 0 Å². The normalized spacial score (nSPS) is 10.4. The number of rotatable bonds is 3. The van der Waals surface area contributed by atoms with E-state index in [1.54, 1.807) is 13.4 Å². The number of benzene rings is 2. The summed E-state index contributed by atoms with van der Waals surface area (Å²) in [4.78, 5) is 0. The number of hydrogen-bond acceptors (Lipinski definition) is 3. The molecule has 0 radical (unpaired) electrons. The Morgan fingerprint density at radius 3 is 2.35 bits per heavy atom. The van der Waals surface area contributed by atoms with Crippen LogP contribution in [0.15, 0.2) is 65.3 Å². The maximum absolute atomic E-state index is 5.74. The number of hydrogen-bond donors (Lipinski definition) is 1. The van der Waals surface area contributed by atoms with E-state index in [-0.39, 0.29) is 0 Å². The van der Waals surface area contributed by atoms with Crippen molar-refractivity contribution in [2.24, 2.45) is 0 Å². The van der Waals surface area contributed by atoms with Gasteiger partial charge in [-0.15, -0.1) is 0 Å². The van der Waals surface area contributed by atoms with Crippen molar-refractivity contribution in [3.8, 4) is 28.2 Å². The third-order valence-electron chi connectivity index (χ3n) is 3.23. The van der Waals surface area contributed by atoms with Crippen molar-refractivity contribution in [2.75, 3.05) is 12.8 Å². The molecule has 20 heavy (non-hydrogen) atoms. The Hall–Kier alpha value is -2.68. The molecule has 0 fully saturated rings. The lowest BCUT2D eigenvalue weighted by Crippen LogP contribution is -1.90. The third kappa shape index (κ3) is 2.26. The molecule has 3 nitrogen and oxygen atoms in total. The second-order valence-electron chi connectivity index (χ2n) is 4.51. The first-order valence-electron chi connectivity index (χ1n) is 6.36. The minimum atomic E-state index is 0.745. The smallest absolute Gasteiger partial charge is 0.133 e. The largest absolute Gasteiger partial charge is 0.496 e. The molecule has 0 unspecified atom stereocenters. The number of nitrogen functional groups attached to an aromatic ring is 1. The molecule has 2 N–H and O–H groups in total. The highest BCUT2D eigenvalue weighted by Gasteiger charge is 2.09. The molecule has 3 aromatic rings. The fraction of sp³-hybridized carbons (Fsp3) is 0.0588. The zero-order valence-corrected chi connectivity index (χ0v) is 11.2. The average Bonchev–Trinajstić information content (AvgIpc) is 3.02. The lowest BCUT2D eigenvalue weighted by molar-refractivity contribution is 0.416. The summed E-state index contributed by atoms with van der Waals surface area (Å²) >= 11 is 0. The van der Waals surface area contributed by atoms with Crippen LogP contribution in [0, 0.1) is 0 Å². The Morgan fingerprint density at radius 2 is 1.70 bits per heavy atom. The van der Waals surface area contributed by atoms with Crippen LogP contribution in [0.5, 0.6) is 5.75 Å². The summed E-state index contributed by atoms with van der Waals surface area (Å²) in [5.74, 6) is 1.66. The third-order valence-corrected chi connectivity index (χ3v) is 3.23. The molecule has 1 heterocycles. The van der Waals surface area contributed by atoms with Gasteiger partial charge >= 0.3 is 0 Å². The maximum atomic E-state index is 5.74. The molecule has 0 aliphatic carbocycles. The minimum Gasteiger partial charge on any atom is -0.496 e. The van der Waals surface area contributed by atoms with Gasteiger partial charge in [0.1, 0.15) is 11.5 Å². The van der Waals surface area contributed by atoms with Gasteiger partial charge in [0, 0.05) is 16.8 Å². The van der Waals surface area contributed by atoms with Gasteiger partial charge in [-0.25, -0.2) is 0 Å². The van der Waals surface area contributed by atoms with Gasteiger partial charge in [-0.3, -0.25) is 0 Å². The number of furan rings is 1. The Morgan fingerprint density at radius 1 is 0.950 bits per heavy atom. The van der Waals surface area contributed by atoms with E-state index in [4.69, 9.17) is 14.9 Å². The van der Waals surface area contributed by atoms with Gasteiger partial charge in [0.2, 0.25) is 0 Å². The molecule has 0 spiro atoms. The summed E-state index contributed by atoms with van der Waals surface area (Å²) in [6, 6.07) is 17.5. The molecule has 0 saturated heterocycles. The predicted octanol–water partition coefficient (Wildman–Crippen LogP) is 4.20. The Kier molecular flexibility index (Phi) is 3.17. The molecular formula is C17H15NO2. The number of ether oxygens (including phenoxy) is 1. The van der Waals surface area contributed by atoms with Gasteiger partial charge in [-0.1, -0.05) is 12.1 Å². The van der Waals surface area contributed by atoms with Gasteiger partial charge in [0.25, 0.3) is 0 Å². The first-order valence-corrected chi connectivity index (χ1v) is 6.36. The quantitative estimate of drug-likeness (QED) is 0.722. The van der Waals surface area contributed by atoms with Gasteiger partial charge in [-0.05, 0) is 48.0 Å². The van der Waals surface area contributed by atoms with Crippen LogP contribution >= 0.6 is 0 Å². The zero-order valence-electron chi connectivity index (χ0n) is 11.2. The second-order valence-corrected chi connectivity index (χ2v) is 4.51. The van der Waals surface area contributed by atoms with Crippen LogP contribution in [-0.4, -0.2) is 7.11 Å². The van der Waals surface area contributed by atoms with Crippen LogP contribution in [0.2, 0.25) is 0 Å². The molecule has 1 aromatic heterocycles. The van der Waals surface area contributed by atoms with Crippen molar-refractivity contribution in [3.05, 3.63) is 60.9 Å². The van der Waals surface area contributed by atoms with Crippen LogP contribution in [-0.2, 0) is 0 Å². The predicted molar refractivity (Wildman–Crippen MR) is 80.5 cm³/mol. The van der Waals surface area contributed by atoms with Gasteiger partial charge in [0.05, 0.1) is 13.4 Å². The van der Waals surface area contributed by atoms with Crippen molar-refractivity contribution < 1.29 is 9.15 Å². The van der Waals surface area contributed by atoms with E-state index in [1.807, 2.05) is 48.5 Å². The fourth-order valence-corrected chi connectivity index (χ4v) is 2.19. The summed E-state index contributed by atoms with van der Waals surface area (Å²) in [5, 5.41) is 0. The topological polar surface area (TPSA) is 48.4 Å². The Balaban J connectivity index is 2.12. The van der Waals surface area contributed by atoms with Crippen molar-refractivity contribution in [3.63, 3.8) is 0 Å². The first-order chi connectivity index (χ1) is 9.78. The number of anilines is 1. The summed E-state index contributed by atoms with van der Waals surface area (Å²) in [6.45, 7) is 0. The molecule has 3 heteroatoms. The molecule has 3 rings (SSSR count). The van der Waals surface area contributed by atoms with Gasteiger partial charge < -0.3 is 14.9 Å². The molecule has 0 saturated carbocycles. The highest BCUT2D eigenvalue weighted by Crippen LogP contribution is 2.34. The van der Waals surface area contributed by atoms with E-state index >= 15 is 0 Å². The first kappa shape index (κ1) is 12.4. The highest BCUT2D eigenvalue weighted by molar-refractivity contribution is 5.77. The average molecular weight is 265 g/mol. The monoisotopic (exact) mass is 265 g/mol. The van der Waals surface area contributed by atoms with E-state index in [0.717, 1.165) is 33.9 Å². The standard InChI is InChI=1S/C17H15NO2/c1-19-17-9-6-13(16-3-2-10-20-16)11-15(17)12-4-7-14(18)8-5-12/h2-11H,18H2,1H3. The summed E-state index contributed by atoms with van der Waals surface area (Å²) in [6.07, 6.45) is 1.67. The lowest BCUT2D eigenvalue weighted by Gasteiger charge is -2.10. The van der Waals surface area contributed by atoms with E-state index in [9.17, 15) is 0 Å². The van der Waals surface area contributed by atoms with Crippen molar-refractivity contribution in [1.82, 2.24) is 0 Å². The Bertz CT molecular complexity index is 700. The highest BCUT2D eigenvalue weighted by atomic mass is 16.5.